The molecule has 0 amide bonds. The minimum atomic E-state index is -0.689. The minimum absolute atomic E-state index is 0.0302. The van der Waals surface area contributed by atoms with E-state index in [-0.39, 0.29) is 16.2 Å². The molecule has 4 aliphatic rings. The van der Waals surface area contributed by atoms with E-state index in [0.29, 0.717) is 0 Å². The van der Waals surface area contributed by atoms with E-state index >= 15 is 0 Å². The third kappa shape index (κ3) is 5.49. The zero-order valence-electron chi connectivity index (χ0n) is 39.3. The van der Waals surface area contributed by atoms with E-state index in [4.69, 9.17) is 1.37 Å². The van der Waals surface area contributed by atoms with Crippen molar-refractivity contribution < 1.29 is 1.37 Å². The molecule has 4 aliphatic carbocycles. The number of nitrogens with zero attached hydrogens (tertiary/aromatic N) is 1. The van der Waals surface area contributed by atoms with Crippen LogP contribution in [0.5, 0.6) is 0 Å². The fourth-order valence-corrected chi connectivity index (χ4v) is 11.6. The molecule has 0 unspecified atom stereocenters. The molecule has 1 spiro atoms. The molecule has 0 bridgehead atoms. The Labute approximate surface area is 381 Å². The molecule has 0 N–H and O–H groups in total. The second kappa shape index (κ2) is 13.4. The van der Waals surface area contributed by atoms with Crippen molar-refractivity contribution in [2.75, 3.05) is 4.90 Å². The van der Waals surface area contributed by atoms with Crippen LogP contribution in [0, 0.1) is 0 Å². The van der Waals surface area contributed by atoms with Gasteiger partial charge >= 0.3 is 0 Å². The summed E-state index contributed by atoms with van der Waals surface area (Å²) >= 11 is 0. The van der Waals surface area contributed by atoms with Gasteiger partial charge in [-0.25, -0.2) is 0 Å². The summed E-state index contributed by atoms with van der Waals surface area (Å²) in [6.07, 6.45) is 3.92. The highest BCUT2D eigenvalue weighted by molar-refractivity contribution is 5.99. The average Bonchev–Trinajstić information content (AvgIpc) is 3.82. The topological polar surface area (TPSA) is 3.24 Å². The summed E-state index contributed by atoms with van der Waals surface area (Å²) < 4.78 is 8.79. The van der Waals surface area contributed by atoms with Crippen molar-refractivity contribution in [3.05, 3.63) is 232 Å². The summed E-state index contributed by atoms with van der Waals surface area (Å²) in [7, 11) is 0. The highest BCUT2D eigenvalue weighted by atomic mass is 15.1. The lowest BCUT2D eigenvalue weighted by Crippen LogP contribution is -2.28. The Morgan fingerprint density at radius 2 is 0.922 bits per heavy atom. The minimum Gasteiger partial charge on any atom is -0.310 e. The van der Waals surface area contributed by atoms with Gasteiger partial charge in [-0.05, 0) is 124 Å². The Kier molecular flexibility index (Phi) is 7.93. The van der Waals surface area contributed by atoms with Gasteiger partial charge in [0.15, 0.2) is 0 Å². The van der Waals surface area contributed by atoms with Crippen LogP contribution in [0.25, 0.3) is 44.5 Å². The fourth-order valence-electron chi connectivity index (χ4n) is 11.6. The second-order valence-electron chi connectivity index (χ2n) is 21.1. The summed E-state index contributed by atoms with van der Waals surface area (Å²) in [4.78, 5) is 2.56. The molecule has 8 aromatic carbocycles. The predicted molar refractivity (Wildman–Crippen MR) is 270 cm³/mol. The smallest absolute Gasteiger partial charge is 0.0726 e. The third-order valence-corrected chi connectivity index (χ3v) is 15.0. The first-order chi connectivity index (χ1) is 31.1. The van der Waals surface area contributed by atoms with Crippen LogP contribution in [0.2, 0.25) is 0 Å². The van der Waals surface area contributed by atoms with Crippen LogP contribution in [-0.2, 0) is 21.7 Å². The molecule has 1 heteroatoms. The van der Waals surface area contributed by atoms with Crippen LogP contribution in [-0.4, -0.2) is 0 Å². The van der Waals surface area contributed by atoms with E-state index in [1.165, 1.54) is 83.6 Å². The van der Waals surface area contributed by atoms with Gasteiger partial charge in [0.05, 0.1) is 16.8 Å². The quantitative estimate of drug-likeness (QED) is 0.156. The number of anilines is 3. The Hall–Kier alpha value is -6.70. The van der Waals surface area contributed by atoms with Crippen molar-refractivity contribution in [2.45, 2.75) is 82.9 Å². The molecule has 0 heterocycles. The van der Waals surface area contributed by atoms with Crippen LogP contribution in [0.4, 0.5) is 17.1 Å². The second-order valence-corrected chi connectivity index (χ2v) is 21.1. The first-order valence-corrected chi connectivity index (χ1v) is 23.1. The first kappa shape index (κ1) is 37.8. The van der Waals surface area contributed by atoms with Crippen molar-refractivity contribution in [3.8, 4) is 44.5 Å². The summed E-state index contributed by atoms with van der Waals surface area (Å²) in [6, 6.07) is 64.7. The Balaban J connectivity index is 1.16. The number of hydrogen-bond acceptors (Lipinski definition) is 1. The van der Waals surface area contributed by atoms with Crippen LogP contribution in [0.1, 0.15) is 113 Å². The van der Waals surface area contributed by atoms with E-state index in [1.807, 2.05) is 12.2 Å². The van der Waals surface area contributed by atoms with Gasteiger partial charge in [0.2, 0.25) is 0 Å². The normalized spacial score (nSPS) is 16.3. The number of hydrogen-bond donors (Lipinski definition) is 0. The summed E-state index contributed by atoms with van der Waals surface area (Å²) in [5.74, 6) is -0.689. The maximum absolute atomic E-state index is 8.79. The summed E-state index contributed by atoms with van der Waals surface area (Å²) in [5, 5.41) is 0. The molecule has 64 heavy (non-hydrogen) atoms. The number of fused-ring (bicyclic) bond motifs is 13. The van der Waals surface area contributed by atoms with Crippen LogP contribution >= 0.6 is 0 Å². The van der Waals surface area contributed by atoms with Gasteiger partial charge in [-0.2, -0.15) is 0 Å². The maximum atomic E-state index is 8.79. The van der Waals surface area contributed by atoms with Gasteiger partial charge in [0, 0.05) is 23.9 Å². The lowest BCUT2D eigenvalue weighted by atomic mass is 9.68. The monoisotopic (exact) mass is 826 g/mol. The van der Waals surface area contributed by atoms with Gasteiger partial charge in [-0.3, -0.25) is 0 Å². The van der Waals surface area contributed by atoms with Gasteiger partial charge in [-0.1, -0.05) is 213 Å². The predicted octanol–water partition coefficient (Wildman–Crippen LogP) is 16.7. The van der Waals surface area contributed by atoms with E-state index in [1.54, 1.807) is 0 Å². The lowest BCUT2D eigenvalue weighted by molar-refractivity contribution is 0.586. The summed E-state index contributed by atoms with van der Waals surface area (Å²) in [6.45, 7) is 18.8. The molecule has 12 rings (SSSR count). The number of benzene rings is 8. The Morgan fingerprint density at radius 1 is 0.438 bits per heavy atom. The van der Waals surface area contributed by atoms with Crippen molar-refractivity contribution in [2.24, 2.45) is 0 Å². The molecule has 8 aromatic rings. The zero-order valence-corrected chi connectivity index (χ0v) is 38.3. The molecule has 0 saturated heterocycles. The fraction of sp³-hybridized carbons (Fsp3) is 0.206. The molecule has 0 atom stereocenters. The molecule has 1 nitrogen and oxygen atoms in total. The number of rotatable bonds is 5. The molecular weight excluding hydrogens is 771 g/mol. The number of allylic oxidation sites excluding steroid dienone is 2. The standard InChI is InChI=1S/C63H55N/c1-60(2,3)42-30-33-48-49-34-31-43(61(4,5)6)37-55(49)63(54(48)36-42)53-21-13-10-17-46(53)50-35-32-44(38-56(50)63)64(57-22-14-11-16-45(57)41-28-26-40(27-29-41)39-24-25-39)58-23-15-19-51-47-18-9-12-20-52(47)62(7,8)59(51)58/h9-39H,1-8H3/i39D. The molecule has 0 aromatic heterocycles. The van der Waals surface area contributed by atoms with Gasteiger partial charge in [-0.15, -0.1) is 0 Å². The van der Waals surface area contributed by atoms with Crippen LogP contribution in [0.3, 0.4) is 0 Å². The molecular formula is C63H55N. The SMILES string of the molecule is [2H]C1(c2ccc(-c3ccccc3N(c3ccc4c(c3)C3(c5ccccc5-4)c4cc(C(C)(C)C)ccc4-c4ccc(C(C)(C)C)cc43)c3cccc4c3C(C)(C)c3ccccc3-4)cc2)C=C1. The first-order valence-electron chi connectivity index (χ1n) is 23.6. The lowest BCUT2D eigenvalue weighted by Gasteiger charge is -2.35. The highest BCUT2D eigenvalue weighted by Gasteiger charge is 2.52. The average molecular weight is 827 g/mol. The van der Waals surface area contributed by atoms with E-state index < -0.39 is 11.3 Å². The van der Waals surface area contributed by atoms with Crippen molar-refractivity contribution in [1.82, 2.24) is 0 Å². The zero-order chi connectivity index (χ0) is 44.8. The Bertz CT molecular complexity index is 3260. The van der Waals surface area contributed by atoms with Gasteiger partial charge in [0.25, 0.3) is 0 Å². The van der Waals surface area contributed by atoms with Gasteiger partial charge in [0.1, 0.15) is 0 Å². The Morgan fingerprint density at radius 3 is 1.53 bits per heavy atom. The molecule has 0 radical (unpaired) electrons. The molecule has 0 saturated carbocycles. The molecule has 312 valence electrons. The molecule has 0 fully saturated rings. The van der Waals surface area contributed by atoms with Crippen LogP contribution in [0.15, 0.2) is 182 Å². The molecule has 0 aliphatic heterocycles. The summed E-state index contributed by atoms with van der Waals surface area (Å²) in [5.41, 5.74) is 24.5. The van der Waals surface area contributed by atoms with E-state index in [0.717, 1.165) is 28.1 Å². The van der Waals surface area contributed by atoms with Crippen LogP contribution < -0.4 is 4.90 Å². The van der Waals surface area contributed by atoms with E-state index in [9.17, 15) is 0 Å². The number of para-hydroxylation sites is 1. The van der Waals surface area contributed by atoms with Gasteiger partial charge < -0.3 is 4.90 Å². The highest BCUT2D eigenvalue weighted by Crippen LogP contribution is 2.65. The third-order valence-electron chi connectivity index (χ3n) is 15.0. The van der Waals surface area contributed by atoms with Crippen molar-refractivity contribution in [3.63, 3.8) is 0 Å². The maximum Gasteiger partial charge on any atom is 0.0726 e. The van der Waals surface area contributed by atoms with Crippen molar-refractivity contribution in [1.29, 1.82) is 0 Å². The van der Waals surface area contributed by atoms with Crippen molar-refractivity contribution >= 4 is 17.1 Å². The van der Waals surface area contributed by atoms with E-state index in [2.05, 4.69) is 230 Å². The largest absolute Gasteiger partial charge is 0.310 e.